The maximum Gasteiger partial charge on any atom is 0.242 e. The molecule has 1 heterocycles. The minimum absolute atomic E-state index is 0.00290. The fraction of sp³-hybridized carbons (Fsp3) is 0.500. The van der Waals surface area contributed by atoms with Crippen molar-refractivity contribution in [2.75, 3.05) is 24.2 Å². The molecule has 110 valence electrons. The van der Waals surface area contributed by atoms with E-state index >= 15 is 0 Å². The largest absolute Gasteiger partial charge is 0.308 e. The van der Waals surface area contributed by atoms with Gasteiger partial charge in [0.15, 0.2) is 0 Å². The lowest BCUT2D eigenvalue weighted by Crippen LogP contribution is -2.44. The minimum atomic E-state index is -3.33. The van der Waals surface area contributed by atoms with Gasteiger partial charge in [-0.25, -0.2) is 8.42 Å². The Morgan fingerprint density at radius 1 is 1.40 bits per heavy atom. The van der Waals surface area contributed by atoms with Gasteiger partial charge in [-0.1, -0.05) is 18.2 Å². The summed E-state index contributed by atoms with van der Waals surface area (Å²) in [5.41, 5.74) is 2.03. The smallest absolute Gasteiger partial charge is 0.242 e. The lowest BCUT2D eigenvalue weighted by atomic mass is 10.1. The zero-order valence-electron chi connectivity index (χ0n) is 12.0. The number of hydrogen-bond acceptors (Lipinski definition) is 3. The second-order valence-electron chi connectivity index (χ2n) is 5.10. The molecule has 0 bridgehead atoms. The van der Waals surface area contributed by atoms with Gasteiger partial charge in [0.05, 0.1) is 12.3 Å². The van der Waals surface area contributed by atoms with Gasteiger partial charge in [-0.05, 0) is 31.9 Å². The van der Waals surface area contributed by atoms with Crippen LogP contribution in [-0.4, -0.2) is 44.0 Å². The molecule has 6 heteroatoms. The van der Waals surface area contributed by atoms with Crippen molar-refractivity contribution in [1.29, 1.82) is 0 Å². The number of anilines is 1. The number of para-hydroxylation sites is 1. The average molecular weight is 296 g/mol. The Kier molecular flexibility index (Phi) is 4.15. The van der Waals surface area contributed by atoms with Crippen molar-refractivity contribution in [3.8, 4) is 0 Å². The number of amides is 1. The molecule has 0 aliphatic carbocycles. The Hall–Kier alpha value is -1.40. The van der Waals surface area contributed by atoms with Gasteiger partial charge in [-0.2, -0.15) is 4.31 Å². The van der Waals surface area contributed by atoms with Crippen molar-refractivity contribution in [1.82, 2.24) is 4.31 Å². The van der Waals surface area contributed by atoms with Gasteiger partial charge >= 0.3 is 0 Å². The van der Waals surface area contributed by atoms with Crippen LogP contribution >= 0.6 is 0 Å². The molecule has 0 fully saturated rings. The highest BCUT2D eigenvalue weighted by Gasteiger charge is 2.32. The molecule has 0 saturated heterocycles. The molecule has 1 amide bonds. The maximum atomic E-state index is 12.4. The van der Waals surface area contributed by atoms with Gasteiger partial charge in [0.2, 0.25) is 15.9 Å². The van der Waals surface area contributed by atoms with Crippen LogP contribution in [0.1, 0.15) is 19.4 Å². The molecule has 0 spiro atoms. The molecule has 20 heavy (non-hydrogen) atoms. The summed E-state index contributed by atoms with van der Waals surface area (Å²) >= 11 is 0. The summed E-state index contributed by atoms with van der Waals surface area (Å²) in [6.07, 6.45) is 0.812. The van der Waals surface area contributed by atoms with E-state index in [0.29, 0.717) is 0 Å². The first kappa shape index (κ1) is 15.0. The van der Waals surface area contributed by atoms with Crippen LogP contribution in [0.2, 0.25) is 0 Å². The third kappa shape index (κ3) is 2.71. The molecule has 1 aliphatic heterocycles. The number of sulfonamides is 1. The standard InChI is InChI=1S/C14H20N2O3S/c1-4-20(18,19)15(3)10-14(17)16-11(2)9-12-7-5-6-8-13(12)16/h5-8,11H,4,9-10H2,1-3H3/t11-/m1/s1. The van der Waals surface area contributed by atoms with Crippen molar-refractivity contribution in [3.05, 3.63) is 29.8 Å². The summed E-state index contributed by atoms with van der Waals surface area (Å²) in [6.45, 7) is 3.44. The number of nitrogens with zero attached hydrogens (tertiary/aromatic N) is 2. The number of rotatable bonds is 4. The normalized spacial score (nSPS) is 18.4. The van der Waals surface area contributed by atoms with Crippen LogP contribution in [-0.2, 0) is 21.2 Å². The second-order valence-corrected chi connectivity index (χ2v) is 7.47. The Bertz CT molecular complexity index is 613. The van der Waals surface area contributed by atoms with Crippen LogP contribution in [0.3, 0.4) is 0 Å². The number of fused-ring (bicyclic) bond motifs is 1. The Morgan fingerprint density at radius 3 is 2.70 bits per heavy atom. The quantitative estimate of drug-likeness (QED) is 0.840. The van der Waals surface area contributed by atoms with E-state index in [1.54, 1.807) is 11.8 Å². The molecule has 1 atom stereocenters. The Labute approximate surface area is 120 Å². The minimum Gasteiger partial charge on any atom is -0.308 e. The topological polar surface area (TPSA) is 57.7 Å². The van der Waals surface area contributed by atoms with Crippen molar-refractivity contribution < 1.29 is 13.2 Å². The summed E-state index contributed by atoms with van der Waals surface area (Å²) in [5, 5.41) is 0. The number of carbonyl (C=O) groups is 1. The monoisotopic (exact) mass is 296 g/mol. The fourth-order valence-corrected chi connectivity index (χ4v) is 3.28. The van der Waals surface area contributed by atoms with E-state index in [2.05, 4.69) is 0 Å². The molecular weight excluding hydrogens is 276 g/mol. The van der Waals surface area contributed by atoms with Crippen LogP contribution < -0.4 is 4.90 Å². The molecule has 1 aliphatic rings. The number of likely N-dealkylation sites (N-methyl/N-ethyl adjacent to an activating group) is 1. The van der Waals surface area contributed by atoms with Crippen molar-refractivity contribution in [2.45, 2.75) is 26.3 Å². The first-order valence-electron chi connectivity index (χ1n) is 6.70. The summed E-state index contributed by atoms with van der Waals surface area (Å²) in [6, 6.07) is 7.82. The predicted molar refractivity (Wildman–Crippen MR) is 79.2 cm³/mol. The molecule has 0 N–H and O–H groups in total. The zero-order valence-corrected chi connectivity index (χ0v) is 12.9. The maximum absolute atomic E-state index is 12.4. The van der Waals surface area contributed by atoms with Crippen molar-refractivity contribution in [2.24, 2.45) is 0 Å². The van der Waals surface area contributed by atoms with Gasteiger partial charge in [-0.3, -0.25) is 4.79 Å². The van der Waals surface area contributed by atoms with Gasteiger partial charge in [0, 0.05) is 18.8 Å². The SMILES string of the molecule is CCS(=O)(=O)N(C)CC(=O)N1c2ccccc2C[C@H]1C. The first-order valence-corrected chi connectivity index (χ1v) is 8.31. The summed E-state index contributed by atoms with van der Waals surface area (Å²) < 4.78 is 24.6. The Morgan fingerprint density at radius 2 is 2.05 bits per heavy atom. The van der Waals surface area contributed by atoms with Crippen molar-refractivity contribution >= 4 is 21.6 Å². The highest BCUT2D eigenvalue weighted by atomic mass is 32.2. The molecule has 0 unspecified atom stereocenters. The first-order chi connectivity index (χ1) is 9.36. The predicted octanol–water partition coefficient (Wildman–Crippen LogP) is 1.25. The molecule has 0 radical (unpaired) electrons. The second kappa shape index (κ2) is 5.54. The summed E-state index contributed by atoms with van der Waals surface area (Å²) in [5.74, 6) is -0.176. The number of benzene rings is 1. The van der Waals surface area contributed by atoms with E-state index in [4.69, 9.17) is 0 Å². The summed E-state index contributed by atoms with van der Waals surface area (Å²) in [7, 11) is -1.88. The lowest BCUT2D eigenvalue weighted by molar-refractivity contribution is -0.118. The van der Waals surface area contributed by atoms with Crippen LogP contribution in [0.15, 0.2) is 24.3 Å². The molecule has 2 rings (SSSR count). The summed E-state index contributed by atoms with van der Waals surface area (Å²) in [4.78, 5) is 14.1. The third-order valence-corrected chi connectivity index (χ3v) is 5.48. The van der Waals surface area contributed by atoms with Crippen LogP contribution in [0.25, 0.3) is 0 Å². The third-order valence-electron chi connectivity index (χ3n) is 3.67. The van der Waals surface area contributed by atoms with E-state index in [1.165, 1.54) is 7.05 Å². The van der Waals surface area contributed by atoms with Crippen LogP contribution in [0, 0.1) is 0 Å². The number of hydrogen-bond donors (Lipinski definition) is 0. The zero-order chi connectivity index (χ0) is 14.9. The highest BCUT2D eigenvalue weighted by molar-refractivity contribution is 7.89. The molecule has 0 saturated carbocycles. The molecule has 5 nitrogen and oxygen atoms in total. The molecule has 1 aromatic rings. The van der Waals surface area contributed by atoms with Crippen LogP contribution in [0.4, 0.5) is 5.69 Å². The Balaban J connectivity index is 2.18. The highest BCUT2D eigenvalue weighted by Crippen LogP contribution is 2.31. The van der Waals surface area contributed by atoms with E-state index in [0.717, 1.165) is 22.0 Å². The van der Waals surface area contributed by atoms with Gasteiger partial charge in [-0.15, -0.1) is 0 Å². The van der Waals surface area contributed by atoms with Crippen molar-refractivity contribution in [3.63, 3.8) is 0 Å². The van der Waals surface area contributed by atoms with Gasteiger partial charge in [0.1, 0.15) is 0 Å². The van der Waals surface area contributed by atoms with Gasteiger partial charge < -0.3 is 4.90 Å². The molecule has 0 aromatic heterocycles. The molecule has 1 aromatic carbocycles. The van der Waals surface area contributed by atoms with E-state index in [1.807, 2.05) is 31.2 Å². The van der Waals surface area contributed by atoms with E-state index in [9.17, 15) is 13.2 Å². The van der Waals surface area contributed by atoms with E-state index < -0.39 is 10.0 Å². The lowest BCUT2D eigenvalue weighted by Gasteiger charge is -2.25. The fourth-order valence-electron chi connectivity index (χ4n) is 2.53. The van der Waals surface area contributed by atoms with E-state index in [-0.39, 0.29) is 24.2 Å². The van der Waals surface area contributed by atoms with Crippen LogP contribution in [0.5, 0.6) is 0 Å². The molecular formula is C14H20N2O3S. The van der Waals surface area contributed by atoms with Gasteiger partial charge in [0.25, 0.3) is 0 Å². The number of carbonyl (C=O) groups excluding carboxylic acids is 1. The average Bonchev–Trinajstić information content (AvgIpc) is 2.74.